The van der Waals surface area contributed by atoms with Crippen LogP contribution in [0.5, 0.6) is 0 Å². The fraction of sp³-hybridized carbons (Fsp3) is 0.417. The molecule has 33 heavy (non-hydrogen) atoms. The Morgan fingerprint density at radius 1 is 1.24 bits per heavy atom. The maximum Gasteiger partial charge on any atom is 0.490 e. The van der Waals surface area contributed by atoms with E-state index in [1.54, 1.807) is 5.92 Å². The van der Waals surface area contributed by atoms with Crippen molar-refractivity contribution < 1.29 is 60.6 Å². The maximum atomic E-state index is 15.5. The number of phosphoric acid groups is 3. The largest absolute Gasteiger partial charge is 0.490 e. The lowest BCUT2D eigenvalue weighted by atomic mass is 9.97. The number of anilines is 1. The van der Waals surface area contributed by atoms with Gasteiger partial charge in [-0.1, -0.05) is 5.92 Å². The molecule has 0 amide bonds. The average molecular weight is 533 g/mol. The van der Waals surface area contributed by atoms with Gasteiger partial charge >= 0.3 is 23.5 Å². The Bertz CT molecular complexity index is 1250. The third kappa shape index (κ3) is 5.64. The summed E-state index contributed by atoms with van der Waals surface area (Å²) in [7, 11) is -16.9. The van der Waals surface area contributed by atoms with Gasteiger partial charge in [0.2, 0.25) is 11.6 Å². The molecule has 3 unspecified atom stereocenters. The van der Waals surface area contributed by atoms with Crippen LogP contribution in [0.25, 0.3) is 11.2 Å². The molecule has 0 radical (unpaired) electrons. The van der Waals surface area contributed by atoms with Crippen molar-refractivity contribution >= 4 is 40.6 Å². The molecule has 0 bridgehead atoms. The highest BCUT2D eigenvalue weighted by molar-refractivity contribution is 7.66. The lowest BCUT2D eigenvalue weighted by Crippen LogP contribution is -2.42. The Morgan fingerprint density at radius 2 is 1.91 bits per heavy atom. The van der Waals surface area contributed by atoms with E-state index < -0.39 is 54.2 Å². The molecule has 2 aromatic rings. The normalized spacial score (nSPS) is 29.4. The number of halogens is 1. The summed E-state index contributed by atoms with van der Waals surface area (Å²) in [5.74, 6) is 1.53. The molecule has 1 fully saturated rings. The molecular weight excluding hydrogens is 518 g/mol. The van der Waals surface area contributed by atoms with Gasteiger partial charge in [-0.25, -0.2) is 28.1 Å². The first-order valence-electron chi connectivity index (χ1n) is 8.30. The van der Waals surface area contributed by atoms with Crippen molar-refractivity contribution in [1.82, 2.24) is 19.5 Å². The van der Waals surface area contributed by atoms with Gasteiger partial charge in [0.1, 0.15) is 17.7 Å². The van der Waals surface area contributed by atoms with Gasteiger partial charge in [0, 0.05) is 0 Å². The summed E-state index contributed by atoms with van der Waals surface area (Å²) >= 11 is 0. The minimum absolute atomic E-state index is 0.0227. The molecule has 21 heteroatoms. The van der Waals surface area contributed by atoms with Crippen molar-refractivity contribution in [2.24, 2.45) is 0 Å². The van der Waals surface area contributed by atoms with Crippen LogP contribution in [-0.4, -0.2) is 68.7 Å². The van der Waals surface area contributed by atoms with E-state index in [-0.39, 0.29) is 17.1 Å². The first kappa shape index (κ1) is 25.8. The fourth-order valence-corrected chi connectivity index (χ4v) is 5.82. The number of ether oxygens (including phenoxy) is 1. The standard InChI is InChI=1S/C12H15FN5O12P3/c1-2-12(13)8(19)7(4-27-32(23,24)30-33(25,26)29-31(20,21)22)28-10(12)18-5-16-6-3-15-11(14)17-9(6)18/h1,3,5,7-8,10,19H,4H2,(H,23,24)(H,25,26)(H2,14,15,17)(H2,20,21,22)/t7-,8+,10-,12?/m1/s1. The number of alkyl halides is 1. The van der Waals surface area contributed by atoms with Gasteiger partial charge in [-0.2, -0.15) is 13.6 Å². The molecule has 182 valence electrons. The predicted octanol–water partition coefficient (Wildman–Crippen LogP) is -0.648. The fourth-order valence-electron chi connectivity index (χ4n) is 2.79. The number of phosphoric ester groups is 1. The second-order valence-corrected chi connectivity index (χ2v) is 10.8. The quantitative estimate of drug-likeness (QED) is 0.182. The molecule has 1 aliphatic rings. The second-order valence-electron chi connectivity index (χ2n) is 6.36. The van der Waals surface area contributed by atoms with E-state index in [9.17, 15) is 23.7 Å². The summed E-state index contributed by atoms with van der Waals surface area (Å²) in [4.78, 5) is 47.2. The zero-order valence-corrected chi connectivity index (χ0v) is 18.5. The van der Waals surface area contributed by atoms with Crippen molar-refractivity contribution in [2.45, 2.75) is 24.1 Å². The number of nitrogens with two attached hydrogens (primary N) is 1. The monoisotopic (exact) mass is 533 g/mol. The number of aromatic nitrogens is 4. The summed E-state index contributed by atoms with van der Waals surface area (Å²) < 4.78 is 67.2. The first-order chi connectivity index (χ1) is 15.1. The van der Waals surface area contributed by atoms with Gasteiger partial charge in [0.25, 0.3) is 0 Å². The molecule has 0 aliphatic carbocycles. The summed E-state index contributed by atoms with van der Waals surface area (Å²) in [5.41, 5.74) is 2.70. The zero-order valence-electron chi connectivity index (χ0n) is 15.9. The lowest BCUT2D eigenvalue weighted by Gasteiger charge is -2.23. The van der Waals surface area contributed by atoms with Gasteiger partial charge in [-0.15, -0.1) is 6.42 Å². The van der Waals surface area contributed by atoms with Gasteiger partial charge in [0.15, 0.2) is 11.9 Å². The van der Waals surface area contributed by atoms with Gasteiger partial charge in [-0.3, -0.25) is 9.09 Å². The zero-order chi connectivity index (χ0) is 24.8. The predicted molar refractivity (Wildman–Crippen MR) is 102 cm³/mol. The number of hydrogen-bond acceptors (Lipinski definition) is 12. The number of imidazole rings is 1. The van der Waals surface area contributed by atoms with E-state index in [1.165, 1.54) is 6.20 Å². The van der Waals surface area contributed by atoms with Crippen molar-refractivity contribution in [2.75, 3.05) is 12.3 Å². The van der Waals surface area contributed by atoms with Crippen LogP contribution in [0.15, 0.2) is 12.5 Å². The minimum Gasteiger partial charge on any atom is -0.386 e. The SMILES string of the molecule is C#CC1(F)[C@@H](O)[C@@H](COP(=O)(O)OP(=O)(O)OP(=O)(O)O)O[C@H]1n1cnc2cnc(N)nc21. The Labute approximate surface area is 182 Å². The molecule has 7 N–H and O–H groups in total. The Morgan fingerprint density at radius 3 is 2.52 bits per heavy atom. The highest BCUT2D eigenvalue weighted by Gasteiger charge is 2.58. The first-order valence-corrected chi connectivity index (χ1v) is 12.8. The highest BCUT2D eigenvalue weighted by Crippen LogP contribution is 2.66. The number of fused-ring (bicyclic) bond motifs is 1. The van der Waals surface area contributed by atoms with Crippen LogP contribution in [0.1, 0.15) is 6.23 Å². The summed E-state index contributed by atoms with van der Waals surface area (Å²) in [6.45, 7) is -1.14. The van der Waals surface area contributed by atoms with Crippen LogP contribution in [0.2, 0.25) is 0 Å². The van der Waals surface area contributed by atoms with E-state index in [1.807, 2.05) is 0 Å². The molecule has 6 atom stereocenters. The van der Waals surface area contributed by atoms with Crippen molar-refractivity contribution in [3.63, 3.8) is 0 Å². The summed E-state index contributed by atoms with van der Waals surface area (Å²) in [5, 5.41) is 10.3. The molecule has 0 spiro atoms. The average Bonchev–Trinajstić information content (AvgIpc) is 3.16. The molecule has 3 heterocycles. The smallest absolute Gasteiger partial charge is 0.386 e. The van der Waals surface area contributed by atoms with Crippen LogP contribution in [0.3, 0.4) is 0 Å². The number of hydrogen-bond donors (Lipinski definition) is 6. The summed E-state index contributed by atoms with van der Waals surface area (Å²) in [6.07, 6.45) is 1.81. The van der Waals surface area contributed by atoms with E-state index in [2.05, 4.69) is 28.1 Å². The van der Waals surface area contributed by atoms with Gasteiger partial charge in [0.05, 0.1) is 19.1 Å². The number of nitrogens with zero attached hydrogens (tertiary/aromatic N) is 4. The van der Waals surface area contributed by atoms with Crippen molar-refractivity contribution in [3.05, 3.63) is 12.5 Å². The second kappa shape index (κ2) is 8.75. The Kier molecular flexibility index (Phi) is 6.84. The number of nitrogen functional groups attached to an aromatic ring is 1. The van der Waals surface area contributed by atoms with Crippen LogP contribution >= 0.6 is 23.5 Å². The van der Waals surface area contributed by atoms with Gasteiger partial charge in [-0.05, 0) is 0 Å². The highest BCUT2D eigenvalue weighted by atomic mass is 31.3. The topological polar surface area (TPSA) is 259 Å². The number of terminal acetylenes is 1. The van der Waals surface area contributed by atoms with Crippen LogP contribution in [0.4, 0.5) is 10.3 Å². The number of rotatable bonds is 8. The molecule has 17 nitrogen and oxygen atoms in total. The molecule has 3 rings (SSSR count). The maximum absolute atomic E-state index is 15.5. The molecule has 2 aromatic heterocycles. The van der Waals surface area contributed by atoms with Crippen LogP contribution < -0.4 is 5.73 Å². The van der Waals surface area contributed by atoms with E-state index in [0.717, 1.165) is 10.9 Å². The third-order valence-corrected chi connectivity index (χ3v) is 7.87. The van der Waals surface area contributed by atoms with E-state index >= 15 is 4.39 Å². The van der Waals surface area contributed by atoms with Gasteiger partial charge < -0.3 is 35.2 Å². The molecule has 0 aromatic carbocycles. The molecule has 1 aliphatic heterocycles. The van der Waals surface area contributed by atoms with Crippen molar-refractivity contribution in [3.8, 4) is 12.3 Å². The van der Waals surface area contributed by atoms with Crippen molar-refractivity contribution in [1.29, 1.82) is 0 Å². The molecule has 0 saturated carbocycles. The van der Waals surface area contributed by atoms with Crippen LogP contribution in [0, 0.1) is 12.3 Å². The number of aliphatic hydroxyl groups excluding tert-OH is 1. The van der Waals surface area contributed by atoms with E-state index in [4.69, 9.17) is 31.6 Å². The molecular formula is C12H15FN5O12P3. The third-order valence-electron chi connectivity index (χ3n) is 4.07. The lowest BCUT2D eigenvalue weighted by molar-refractivity contribution is -0.0495. The Balaban J connectivity index is 1.79. The van der Waals surface area contributed by atoms with Crippen LogP contribution in [-0.2, 0) is 31.6 Å². The molecule has 1 saturated heterocycles. The Hall–Kier alpha value is -1.83. The van der Waals surface area contributed by atoms with E-state index in [0.29, 0.717) is 0 Å². The minimum atomic E-state index is -5.78. The summed E-state index contributed by atoms with van der Waals surface area (Å²) in [6, 6.07) is 0. The number of aliphatic hydroxyl groups is 1.